The van der Waals surface area contributed by atoms with Crippen LogP contribution in [0.3, 0.4) is 0 Å². The van der Waals surface area contributed by atoms with Crippen LogP contribution in [0.25, 0.3) is 0 Å². The zero-order valence-electron chi connectivity index (χ0n) is 13.1. The molecular weight excluding hydrogens is 250 g/mol. The third-order valence-corrected chi connectivity index (χ3v) is 5.10. The van der Waals surface area contributed by atoms with Gasteiger partial charge in [-0.1, -0.05) is 32.6 Å². The van der Waals surface area contributed by atoms with Gasteiger partial charge in [0.05, 0.1) is 6.07 Å². The van der Waals surface area contributed by atoms with Crippen molar-refractivity contribution in [3.05, 3.63) is 0 Å². The third-order valence-electron chi connectivity index (χ3n) is 5.10. The second kappa shape index (κ2) is 6.13. The van der Waals surface area contributed by atoms with Crippen molar-refractivity contribution in [2.24, 2.45) is 11.3 Å². The van der Waals surface area contributed by atoms with Crippen LogP contribution in [0.15, 0.2) is 0 Å². The van der Waals surface area contributed by atoms with E-state index in [0.29, 0.717) is 12.0 Å². The van der Waals surface area contributed by atoms with E-state index in [-0.39, 0.29) is 5.91 Å². The quantitative estimate of drug-likeness (QED) is 0.727. The highest BCUT2D eigenvalue weighted by atomic mass is 16.2. The minimum Gasteiger partial charge on any atom is -0.339 e. The van der Waals surface area contributed by atoms with Gasteiger partial charge in [-0.3, -0.25) is 4.79 Å². The fourth-order valence-corrected chi connectivity index (χ4v) is 3.80. The molecule has 1 aliphatic carbocycles. The van der Waals surface area contributed by atoms with Crippen LogP contribution < -0.4 is 0 Å². The molecule has 2 unspecified atom stereocenters. The Morgan fingerprint density at radius 2 is 1.80 bits per heavy atom. The van der Waals surface area contributed by atoms with E-state index >= 15 is 0 Å². The number of nitrogens with zero attached hydrogens (tertiary/aromatic N) is 3. The summed E-state index contributed by atoms with van der Waals surface area (Å²) in [5.41, 5.74) is -0.739. The molecule has 2 fully saturated rings. The molecule has 0 radical (unpaired) electrons. The van der Waals surface area contributed by atoms with E-state index in [1.54, 1.807) is 0 Å². The average molecular weight is 277 g/mol. The van der Waals surface area contributed by atoms with Gasteiger partial charge in [-0.05, 0) is 32.9 Å². The van der Waals surface area contributed by atoms with Crippen LogP contribution in [0.1, 0.15) is 45.4 Å². The molecule has 112 valence electrons. The number of nitriles is 1. The standard InChI is InChI=1S/C16H27N3O/c1-13-10-19(11-14(13)18(2)3)15(20)16(12-17)8-6-4-5-7-9-16/h13-14H,4-11H2,1-3H3. The largest absolute Gasteiger partial charge is 0.339 e. The number of rotatable bonds is 2. The highest BCUT2D eigenvalue weighted by molar-refractivity contribution is 5.85. The first kappa shape index (κ1) is 15.3. The van der Waals surface area contributed by atoms with E-state index < -0.39 is 5.41 Å². The Kier molecular flexibility index (Phi) is 4.70. The first-order chi connectivity index (χ1) is 9.50. The van der Waals surface area contributed by atoms with Crippen molar-refractivity contribution in [1.29, 1.82) is 5.26 Å². The summed E-state index contributed by atoms with van der Waals surface area (Å²) in [5.74, 6) is 0.577. The molecule has 4 heteroatoms. The fourth-order valence-electron chi connectivity index (χ4n) is 3.80. The second-order valence-electron chi connectivity index (χ2n) is 6.83. The van der Waals surface area contributed by atoms with E-state index in [9.17, 15) is 10.1 Å². The second-order valence-corrected chi connectivity index (χ2v) is 6.83. The summed E-state index contributed by atoms with van der Waals surface area (Å²) in [6.45, 7) is 3.77. The number of carbonyl (C=O) groups is 1. The first-order valence-electron chi connectivity index (χ1n) is 7.87. The van der Waals surface area contributed by atoms with E-state index in [4.69, 9.17) is 0 Å². The predicted molar refractivity (Wildman–Crippen MR) is 79.0 cm³/mol. The van der Waals surface area contributed by atoms with Crippen LogP contribution in [0, 0.1) is 22.7 Å². The Morgan fingerprint density at radius 3 is 2.25 bits per heavy atom. The summed E-state index contributed by atoms with van der Waals surface area (Å²) in [4.78, 5) is 17.1. The topological polar surface area (TPSA) is 47.3 Å². The van der Waals surface area contributed by atoms with Gasteiger partial charge < -0.3 is 9.80 Å². The maximum atomic E-state index is 12.9. The summed E-state index contributed by atoms with van der Waals surface area (Å²) in [5, 5.41) is 9.63. The summed E-state index contributed by atoms with van der Waals surface area (Å²) >= 11 is 0. The Hall–Kier alpha value is -1.08. The lowest BCUT2D eigenvalue weighted by molar-refractivity contribution is -0.138. The van der Waals surface area contributed by atoms with Gasteiger partial charge in [0.1, 0.15) is 5.41 Å². The molecule has 2 atom stereocenters. The van der Waals surface area contributed by atoms with Crippen molar-refractivity contribution in [3.8, 4) is 6.07 Å². The molecule has 0 aromatic rings. The predicted octanol–water partition coefficient (Wildman–Crippen LogP) is 2.26. The van der Waals surface area contributed by atoms with Crippen molar-refractivity contribution in [1.82, 2.24) is 9.80 Å². The molecule has 0 aromatic heterocycles. The van der Waals surface area contributed by atoms with Gasteiger partial charge >= 0.3 is 0 Å². The summed E-state index contributed by atoms with van der Waals surface area (Å²) < 4.78 is 0. The van der Waals surface area contributed by atoms with Crippen LogP contribution in [0.5, 0.6) is 0 Å². The van der Waals surface area contributed by atoms with Gasteiger partial charge in [-0.15, -0.1) is 0 Å². The number of carbonyl (C=O) groups excluding carboxylic acids is 1. The molecule has 4 nitrogen and oxygen atoms in total. The van der Waals surface area contributed by atoms with E-state index in [1.165, 1.54) is 0 Å². The average Bonchev–Trinajstić information content (AvgIpc) is 2.67. The van der Waals surface area contributed by atoms with E-state index in [1.807, 2.05) is 4.90 Å². The maximum Gasteiger partial charge on any atom is 0.243 e. The molecule has 20 heavy (non-hydrogen) atoms. The third kappa shape index (κ3) is 2.83. The lowest BCUT2D eigenvalue weighted by Gasteiger charge is -2.29. The molecule has 1 saturated heterocycles. The maximum absolute atomic E-state index is 12.9. The van der Waals surface area contributed by atoms with Crippen LogP contribution in [-0.2, 0) is 4.79 Å². The molecule has 0 N–H and O–H groups in total. The Balaban J connectivity index is 2.12. The van der Waals surface area contributed by atoms with E-state index in [0.717, 1.165) is 51.6 Å². The van der Waals surface area contributed by atoms with Crippen molar-refractivity contribution < 1.29 is 4.79 Å². The van der Waals surface area contributed by atoms with Crippen LogP contribution in [-0.4, -0.2) is 48.9 Å². The minimum atomic E-state index is -0.739. The monoisotopic (exact) mass is 277 g/mol. The van der Waals surface area contributed by atoms with Gasteiger partial charge in [0.2, 0.25) is 5.91 Å². The van der Waals surface area contributed by atoms with Crippen molar-refractivity contribution in [3.63, 3.8) is 0 Å². The Morgan fingerprint density at radius 1 is 1.20 bits per heavy atom. The molecule has 0 aromatic carbocycles. The SMILES string of the molecule is CC1CN(C(=O)C2(C#N)CCCCCC2)CC1N(C)C. The fraction of sp³-hybridized carbons (Fsp3) is 0.875. The molecule has 2 rings (SSSR count). The van der Waals surface area contributed by atoms with Crippen molar-refractivity contribution >= 4 is 5.91 Å². The molecule has 0 spiro atoms. The summed E-state index contributed by atoms with van der Waals surface area (Å²) in [6.07, 6.45) is 5.85. The number of hydrogen-bond acceptors (Lipinski definition) is 3. The van der Waals surface area contributed by atoms with Crippen molar-refractivity contribution in [2.75, 3.05) is 27.2 Å². The normalized spacial score (nSPS) is 30.1. The summed E-state index contributed by atoms with van der Waals surface area (Å²) in [6, 6.07) is 2.81. The number of likely N-dealkylation sites (N-methyl/N-ethyl adjacent to an activating group) is 1. The highest BCUT2D eigenvalue weighted by Gasteiger charge is 2.45. The van der Waals surface area contributed by atoms with Gasteiger partial charge in [0.15, 0.2) is 0 Å². The Labute approximate surface area is 122 Å². The van der Waals surface area contributed by atoms with Gasteiger partial charge in [-0.2, -0.15) is 5.26 Å². The van der Waals surface area contributed by atoms with Crippen LogP contribution in [0.4, 0.5) is 0 Å². The lowest BCUT2D eigenvalue weighted by atomic mass is 9.80. The smallest absolute Gasteiger partial charge is 0.243 e. The molecule has 0 bridgehead atoms. The molecule has 1 aliphatic heterocycles. The minimum absolute atomic E-state index is 0.0955. The number of amides is 1. The van der Waals surface area contributed by atoms with Crippen LogP contribution >= 0.6 is 0 Å². The van der Waals surface area contributed by atoms with E-state index in [2.05, 4.69) is 32.0 Å². The highest BCUT2D eigenvalue weighted by Crippen LogP contribution is 2.37. The van der Waals surface area contributed by atoms with Crippen molar-refractivity contribution in [2.45, 2.75) is 51.5 Å². The molecular formula is C16H27N3O. The van der Waals surface area contributed by atoms with Gasteiger partial charge in [0.25, 0.3) is 0 Å². The molecule has 1 saturated carbocycles. The number of hydrogen-bond donors (Lipinski definition) is 0. The van der Waals surface area contributed by atoms with Gasteiger partial charge in [0, 0.05) is 19.1 Å². The molecule has 1 amide bonds. The molecule has 1 heterocycles. The lowest BCUT2D eigenvalue weighted by Crippen LogP contribution is -2.43. The molecule has 2 aliphatic rings. The van der Waals surface area contributed by atoms with Gasteiger partial charge in [-0.25, -0.2) is 0 Å². The zero-order chi connectivity index (χ0) is 14.8. The summed E-state index contributed by atoms with van der Waals surface area (Å²) in [7, 11) is 4.14. The number of likely N-dealkylation sites (tertiary alicyclic amines) is 1. The first-order valence-corrected chi connectivity index (χ1v) is 7.87. The van der Waals surface area contributed by atoms with Crippen LogP contribution in [0.2, 0.25) is 0 Å². The zero-order valence-corrected chi connectivity index (χ0v) is 13.1. The Bertz CT molecular complexity index is 391.